The number of carbonyl (C=O) groups is 2. The molecule has 6 nitrogen and oxygen atoms in total. The first kappa shape index (κ1) is 29.1. The second kappa shape index (κ2) is 10.8. The van der Waals surface area contributed by atoms with E-state index in [1.165, 1.54) is 6.07 Å². The van der Waals surface area contributed by atoms with Crippen molar-refractivity contribution in [3.8, 4) is 16.9 Å². The fourth-order valence-electron chi connectivity index (χ4n) is 5.99. The predicted octanol–water partition coefficient (Wildman–Crippen LogP) is 7.54. The highest BCUT2D eigenvalue weighted by Crippen LogP contribution is 2.48. The molecule has 0 radical (unpaired) electrons. The smallest absolute Gasteiger partial charge is 0.337 e. The number of amides is 1. The Morgan fingerprint density at radius 2 is 1.83 bits per heavy atom. The molecule has 0 fully saturated rings. The second-order valence-electron chi connectivity index (χ2n) is 11.9. The number of carboxylic acids is 1. The molecule has 3 aromatic rings. The summed E-state index contributed by atoms with van der Waals surface area (Å²) in [4.78, 5) is 28.2. The minimum absolute atomic E-state index is 0.241. The molecule has 0 bridgehead atoms. The lowest BCUT2D eigenvalue weighted by Gasteiger charge is -2.30. The van der Waals surface area contributed by atoms with Crippen LogP contribution in [-0.4, -0.2) is 35.7 Å². The maximum atomic E-state index is 15.6. The summed E-state index contributed by atoms with van der Waals surface area (Å²) in [6.45, 7) is 11.9. The van der Waals surface area contributed by atoms with E-state index in [1.54, 1.807) is 37.8 Å². The molecule has 0 aromatic heterocycles. The standard InChI is InChI=1S/C33H35ClFNO5/c1-17-9-10-21(24(34)14-17)31(37)36-12-11-22-26(36)15-18(2)27(30(32(38)39)41-33(4,5)6)28(22)23-16-25(35)29-20(19(23)3)8-7-13-40-29/h9-10,14-16,30H,7-8,11-13H2,1-6H3,(H,38,39)/t30-/m0/s1. The summed E-state index contributed by atoms with van der Waals surface area (Å²) < 4.78 is 27.4. The van der Waals surface area contributed by atoms with Gasteiger partial charge in [-0.15, -0.1) is 0 Å². The van der Waals surface area contributed by atoms with Crippen molar-refractivity contribution in [1.82, 2.24) is 0 Å². The fourth-order valence-corrected chi connectivity index (χ4v) is 6.31. The average molecular weight is 580 g/mol. The van der Waals surface area contributed by atoms with E-state index < -0.39 is 23.5 Å². The van der Waals surface area contributed by atoms with Crippen LogP contribution in [0.3, 0.4) is 0 Å². The number of ether oxygens (including phenoxy) is 2. The Bertz CT molecular complexity index is 1580. The van der Waals surface area contributed by atoms with Crippen LogP contribution in [0.15, 0.2) is 30.3 Å². The molecular formula is C33H35ClFNO5. The maximum absolute atomic E-state index is 15.6. The molecule has 2 aliphatic rings. The Labute approximate surface area is 245 Å². The van der Waals surface area contributed by atoms with E-state index in [1.807, 2.05) is 32.9 Å². The number of anilines is 1. The molecule has 3 aromatic carbocycles. The molecule has 0 saturated heterocycles. The van der Waals surface area contributed by atoms with Crippen molar-refractivity contribution < 1.29 is 28.6 Å². The van der Waals surface area contributed by atoms with E-state index in [-0.39, 0.29) is 11.7 Å². The Morgan fingerprint density at radius 1 is 1.10 bits per heavy atom. The van der Waals surface area contributed by atoms with Crippen LogP contribution in [0.25, 0.3) is 11.1 Å². The summed E-state index contributed by atoms with van der Waals surface area (Å²) in [5.41, 5.74) is 5.94. The average Bonchev–Trinajstić information content (AvgIpc) is 3.31. The molecule has 41 heavy (non-hydrogen) atoms. The molecular weight excluding hydrogens is 545 g/mol. The summed E-state index contributed by atoms with van der Waals surface area (Å²) in [6.07, 6.45) is 0.581. The van der Waals surface area contributed by atoms with Crippen LogP contribution in [0, 0.1) is 26.6 Å². The number of nitrogens with zero attached hydrogens (tertiary/aromatic N) is 1. The van der Waals surface area contributed by atoms with Crippen molar-refractivity contribution >= 4 is 29.2 Å². The van der Waals surface area contributed by atoms with E-state index in [0.717, 1.165) is 28.7 Å². The van der Waals surface area contributed by atoms with E-state index in [9.17, 15) is 14.7 Å². The first-order valence-corrected chi connectivity index (χ1v) is 14.3. The zero-order valence-electron chi connectivity index (χ0n) is 24.3. The van der Waals surface area contributed by atoms with Gasteiger partial charge in [-0.25, -0.2) is 9.18 Å². The van der Waals surface area contributed by atoms with Crippen molar-refractivity contribution in [3.63, 3.8) is 0 Å². The summed E-state index contributed by atoms with van der Waals surface area (Å²) in [5.74, 6) is -1.60. The zero-order valence-corrected chi connectivity index (χ0v) is 25.0. The molecule has 1 atom stereocenters. The molecule has 0 unspecified atom stereocenters. The van der Waals surface area contributed by atoms with Gasteiger partial charge in [-0.1, -0.05) is 17.7 Å². The highest BCUT2D eigenvalue weighted by Gasteiger charge is 2.37. The van der Waals surface area contributed by atoms with Crippen molar-refractivity contribution in [2.24, 2.45) is 0 Å². The minimum Gasteiger partial charge on any atom is -0.490 e. The predicted molar refractivity (Wildman–Crippen MR) is 158 cm³/mol. The van der Waals surface area contributed by atoms with Gasteiger partial charge in [0.25, 0.3) is 5.91 Å². The lowest BCUT2D eigenvalue weighted by molar-refractivity contribution is -0.160. The zero-order chi connectivity index (χ0) is 29.8. The van der Waals surface area contributed by atoms with E-state index in [2.05, 4.69) is 0 Å². The quantitative estimate of drug-likeness (QED) is 0.338. The van der Waals surface area contributed by atoms with Crippen LogP contribution in [0.2, 0.25) is 5.02 Å². The van der Waals surface area contributed by atoms with E-state index in [0.29, 0.717) is 64.5 Å². The fraction of sp³-hybridized carbons (Fsp3) is 0.394. The van der Waals surface area contributed by atoms with Crippen molar-refractivity contribution in [1.29, 1.82) is 0 Å². The third-order valence-corrected chi connectivity index (χ3v) is 8.11. The van der Waals surface area contributed by atoms with E-state index >= 15 is 4.39 Å². The van der Waals surface area contributed by atoms with Gasteiger partial charge in [-0.2, -0.15) is 0 Å². The molecule has 0 spiro atoms. The molecule has 0 aliphatic carbocycles. The van der Waals surface area contributed by atoms with Crippen LogP contribution in [0.5, 0.6) is 5.75 Å². The first-order chi connectivity index (χ1) is 19.3. The largest absolute Gasteiger partial charge is 0.490 e. The number of carbonyl (C=O) groups excluding carboxylic acids is 1. The van der Waals surface area contributed by atoms with Gasteiger partial charge >= 0.3 is 5.97 Å². The van der Waals surface area contributed by atoms with Gasteiger partial charge in [0.15, 0.2) is 17.7 Å². The third-order valence-electron chi connectivity index (χ3n) is 7.80. The Balaban J connectivity index is 1.78. The SMILES string of the molecule is Cc1ccc(C(=O)N2CCc3c2cc(C)c([C@H](OC(C)(C)C)C(=O)O)c3-c2cc(F)c3c(c2C)CCCO3)c(Cl)c1. The lowest BCUT2D eigenvalue weighted by Crippen LogP contribution is -2.30. The topological polar surface area (TPSA) is 76.1 Å². The van der Waals surface area contributed by atoms with Crippen LogP contribution in [0.1, 0.15) is 77.0 Å². The number of hydrogen-bond acceptors (Lipinski definition) is 4. The molecule has 216 valence electrons. The number of hydrogen-bond donors (Lipinski definition) is 1. The van der Waals surface area contributed by atoms with Gasteiger partial charge in [-0.3, -0.25) is 4.79 Å². The van der Waals surface area contributed by atoms with E-state index in [4.69, 9.17) is 21.1 Å². The highest BCUT2D eigenvalue weighted by atomic mass is 35.5. The monoisotopic (exact) mass is 579 g/mol. The highest BCUT2D eigenvalue weighted by molar-refractivity contribution is 6.34. The number of aryl methyl sites for hydroxylation is 2. The van der Waals surface area contributed by atoms with Crippen molar-refractivity contribution in [2.45, 2.75) is 72.5 Å². The van der Waals surface area contributed by atoms with Crippen molar-refractivity contribution in [3.05, 3.63) is 80.1 Å². The van der Waals surface area contributed by atoms with Crippen LogP contribution in [-0.2, 0) is 22.4 Å². The molecule has 2 aliphatic heterocycles. The number of aliphatic carboxylic acids is 1. The van der Waals surface area contributed by atoms with Gasteiger partial charge in [-0.05, 0) is 118 Å². The number of benzene rings is 3. The van der Waals surface area contributed by atoms with Gasteiger partial charge in [0.1, 0.15) is 0 Å². The second-order valence-corrected chi connectivity index (χ2v) is 12.3. The Hall–Kier alpha value is -3.42. The van der Waals surface area contributed by atoms with Crippen molar-refractivity contribution in [2.75, 3.05) is 18.1 Å². The molecule has 0 saturated carbocycles. The normalized spacial score (nSPS) is 15.3. The summed E-state index contributed by atoms with van der Waals surface area (Å²) in [6, 6.07) is 8.61. The molecule has 1 N–H and O–H groups in total. The first-order valence-electron chi connectivity index (χ1n) is 13.9. The number of carboxylic acid groups (broad SMARTS) is 1. The molecule has 8 heteroatoms. The Morgan fingerprint density at radius 3 is 2.49 bits per heavy atom. The molecule has 5 rings (SSSR count). The molecule has 2 heterocycles. The maximum Gasteiger partial charge on any atom is 0.337 e. The summed E-state index contributed by atoms with van der Waals surface area (Å²) in [7, 11) is 0. The Kier molecular flexibility index (Phi) is 7.64. The van der Waals surface area contributed by atoms with Crippen LogP contribution < -0.4 is 9.64 Å². The minimum atomic E-state index is -1.30. The number of rotatable bonds is 5. The van der Waals surface area contributed by atoms with Gasteiger partial charge in [0.2, 0.25) is 0 Å². The van der Waals surface area contributed by atoms with Gasteiger partial charge in [0, 0.05) is 23.4 Å². The van der Waals surface area contributed by atoms with Crippen LogP contribution in [0.4, 0.5) is 10.1 Å². The summed E-state index contributed by atoms with van der Waals surface area (Å²) >= 11 is 6.47. The third kappa shape index (κ3) is 5.33. The number of fused-ring (bicyclic) bond motifs is 2. The lowest BCUT2D eigenvalue weighted by atomic mass is 9.83. The number of halogens is 2. The summed E-state index contributed by atoms with van der Waals surface area (Å²) in [5, 5.41) is 10.8. The van der Waals surface area contributed by atoms with Gasteiger partial charge < -0.3 is 19.5 Å². The van der Waals surface area contributed by atoms with Gasteiger partial charge in [0.05, 0.1) is 22.8 Å². The molecule has 1 amide bonds. The van der Waals surface area contributed by atoms with Crippen LogP contribution >= 0.6 is 11.6 Å².